The van der Waals surface area contributed by atoms with Crippen molar-refractivity contribution in [3.8, 4) is 0 Å². The first kappa shape index (κ1) is 17.8. The summed E-state index contributed by atoms with van der Waals surface area (Å²) in [5, 5.41) is -0.241. The molecule has 1 aromatic heterocycles. The Morgan fingerprint density at radius 1 is 1.21 bits per heavy atom. The summed E-state index contributed by atoms with van der Waals surface area (Å²) >= 11 is 0. The lowest BCUT2D eigenvalue weighted by atomic mass is 10.0. The molecule has 2 fully saturated rings. The topological polar surface area (TPSA) is 75.2 Å². The number of hydrogen-bond acceptors (Lipinski definition) is 5. The minimum atomic E-state index is -3.26. The quantitative estimate of drug-likeness (QED) is 0.880. The van der Waals surface area contributed by atoms with E-state index in [9.17, 15) is 8.42 Å². The SMILES string of the molecule is Cc1ncc(CNS(=O)(=O)C2CCCCC2)c([C@@H]2CCCN2C)n1. The van der Waals surface area contributed by atoms with Gasteiger partial charge in [-0.2, -0.15) is 0 Å². The Morgan fingerprint density at radius 3 is 2.62 bits per heavy atom. The lowest BCUT2D eigenvalue weighted by molar-refractivity contribution is 0.309. The van der Waals surface area contributed by atoms with Crippen LogP contribution in [0.4, 0.5) is 0 Å². The van der Waals surface area contributed by atoms with Crippen molar-refractivity contribution < 1.29 is 8.42 Å². The summed E-state index contributed by atoms with van der Waals surface area (Å²) in [7, 11) is -1.16. The summed E-state index contributed by atoms with van der Waals surface area (Å²) in [5.41, 5.74) is 1.88. The summed E-state index contributed by atoms with van der Waals surface area (Å²) < 4.78 is 27.9. The van der Waals surface area contributed by atoms with Gasteiger partial charge in [-0.15, -0.1) is 0 Å². The predicted octanol–water partition coefficient (Wildman–Crippen LogP) is 2.30. The monoisotopic (exact) mass is 352 g/mol. The molecular weight excluding hydrogens is 324 g/mol. The molecule has 2 heterocycles. The summed E-state index contributed by atoms with van der Waals surface area (Å²) in [6.07, 6.45) is 8.72. The number of nitrogens with one attached hydrogen (secondary N) is 1. The molecule has 0 aromatic carbocycles. The Kier molecular flexibility index (Phi) is 5.52. The van der Waals surface area contributed by atoms with Crippen molar-refractivity contribution in [3.63, 3.8) is 0 Å². The molecule has 2 aliphatic rings. The van der Waals surface area contributed by atoms with Crippen LogP contribution >= 0.6 is 0 Å². The van der Waals surface area contributed by atoms with E-state index in [0.29, 0.717) is 6.54 Å². The number of nitrogens with zero attached hydrogens (tertiary/aromatic N) is 3. The molecule has 24 heavy (non-hydrogen) atoms. The first-order valence-corrected chi connectivity index (χ1v) is 10.5. The van der Waals surface area contributed by atoms with Gasteiger partial charge in [0.1, 0.15) is 5.82 Å². The van der Waals surface area contributed by atoms with Crippen molar-refractivity contribution in [2.45, 2.75) is 69.7 Å². The fraction of sp³-hybridized carbons (Fsp3) is 0.765. The molecular formula is C17H28N4O2S. The van der Waals surface area contributed by atoms with E-state index in [0.717, 1.165) is 68.6 Å². The van der Waals surface area contributed by atoms with Gasteiger partial charge in [-0.3, -0.25) is 4.90 Å². The van der Waals surface area contributed by atoms with E-state index in [2.05, 4.69) is 26.6 Å². The van der Waals surface area contributed by atoms with Gasteiger partial charge in [0.15, 0.2) is 0 Å². The highest BCUT2D eigenvalue weighted by molar-refractivity contribution is 7.90. The summed E-state index contributed by atoms with van der Waals surface area (Å²) in [5.74, 6) is 0.740. The zero-order valence-electron chi connectivity index (χ0n) is 14.7. The fourth-order valence-corrected chi connectivity index (χ4v) is 5.41. The van der Waals surface area contributed by atoms with Gasteiger partial charge in [-0.1, -0.05) is 19.3 Å². The Morgan fingerprint density at radius 2 is 1.96 bits per heavy atom. The van der Waals surface area contributed by atoms with E-state index in [1.54, 1.807) is 6.20 Å². The largest absolute Gasteiger partial charge is 0.298 e. The molecule has 0 bridgehead atoms. The first-order valence-electron chi connectivity index (χ1n) is 8.98. The third-order valence-electron chi connectivity index (χ3n) is 5.31. The highest BCUT2D eigenvalue weighted by Gasteiger charge is 2.29. The molecule has 0 unspecified atom stereocenters. The summed E-state index contributed by atoms with van der Waals surface area (Å²) in [4.78, 5) is 11.2. The molecule has 1 aromatic rings. The number of hydrogen-bond donors (Lipinski definition) is 1. The van der Waals surface area contributed by atoms with Crippen molar-refractivity contribution in [3.05, 3.63) is 23.3 Å². The maximum atomic E-state index is 12.6. The molecule has 1 saturated carbocycles. The maximum absolute atomic E-state index is 12.6. The van der Waals surface area contributed by atoms with Gasteiger partial charge in [0.2, 0.25) is 10.0 Å². The minimum Gasteiger partial charge on any atom is -0.298 e. The fourth-order valence-electron chi connectivity index (χ4n) is 3.86. The zero-order chi connectivity index (χ0) is 17.2. The number of rotatable bonds is 5. The molecule has 1 atom stereocenters. The summed E-state index contributed by atoms with van der Waals surface area (Å²) in [6, 6.07) is 0.265. The van der Waals surface area contributed by atoms with Crippen molar-refractivity contribution >= 4 is 10.0 Å². The molecule has 3 rings (SSSR count). The Labute approximate surface area is 145 Å². The van der Waals surface area contributed by atoms with Crippen LogP contribution in [-0.2, 0) is 16.6 Å². The van der Waals surface area contributed by atoms with Crippen molar-refractivity contribution in [1.29, 1.82) is 0 Å². The average Bonchev–Trinajstić information content (AvgIpc) is 3.00. The maximum Gasteiger partial charge on any atom is 0.214 e. The third kappa shape index (κ3) is 3.95. The van der Waals surface area contributed by atoms with Gasteiger partial charge < -0.3 is 0 Å². The van der Waals surface area contributed by atoms with Gasteiger partial charge in [-0.25, -0.2) is 23.1 Å². The molecule has 1 saturated heterocycles. The molecule has 7 heteroatoms. The molecule has 0 spiro atoms. The predicted molar refractivity (Wildman–Crippen MR) is 94.0 cm³/mol. The van der Waals surface area contributed by atoms with Crippen LogP contribution in [0.25, 0.3) is 0 Å². The van der Waals surface area contributed by atoms with Crippen LogP contribution in [-0.4, -0.2) is 42.1 Å². The highest BCUT2D eigenvalue weighted by atomic mass is 32.2. The van der Waals surface area contributed by atoms with Crippen LogP contribution in [0.1, 0.15) is 68.1 Å². The third-order valence-corrected chi connectivity index (χ3v) is 7.21. The second-order valence-electron chi connectivity index (χ2n) is 7.09. The number of sulfonamides is 1. The second-order valence-corrected chi connectivity index (χ2v) is 9.14. The Balaban J connectivity index is 1.75. The van der Waals surface area contributed by atoms with Gasteiger partial charge in [0.25, 0.3) is 0 Å². The summed E-state index contributed by atoms with van der Waals surface area (Å²) in [6.45, 7) is 3.23. The Bertz CT molecular complexity index is 671. The van der Waals surface area contributed by atoms with Crippen molar-refractivity contribution in [2.75, 3.05) is 13.6 Å². The van der Waals surface area contributed by atoms with E-state index in [-0.39, 0.29) is 11.3 Å². The van der Waals surface area contributed by atoms with Gasteiger partial charge in [0, 0.05) is 18.3 Å². The molecule has 1 N–H and O–H groups in total. The van der Waals surface area contributed by atoms with Gasteiger partial charge >= 0.3 is 0 Å². The van der Waals surface area contributed by atoms with Crippen LogP contribution in [0.15, 0.2) is 6.20 Å². The van der Waals surface area contributed by atoms with Crippen LogP contribution in [0, 0.1) is 6.92 Å². The van der Waals surface area contributed by atoms with E-state index in [4.69, 9.17) is 0 Å². The van der Waals surface area contributed by atoms with E-state index in [1.165, 1.54) is 0 Å². The molecule has 6 nitrogen and oxygen atoms in total. The molecule has 134 valence electrons. The van der Waals surface area contributed by atoms with Crippen molar-refractivity contribution in [2.24, 2.45) is 0 Å². The lowest BCUT2D eigenvalue weighted by Crippen LogP contribution is -2.35. The number of aromatic nitrogens is 2. The normalized spacial score (nSPS) is 23.7. The van der Waals surface area contributed by atoms with Crippen LogP contribution < -0.4 is 4.72 Å². The molecule has 0 radical (unpaired) electrons. The average molecular weight is 353 g/mol. The van der Waals surface area contributed by atoms with Crippen LogP contribution in [0.3, 0.4) is 0 Å². The van der Waals surface area contributed by atoms with E-state index >= 15 is 0 Å². The Hall–Kier alpha value is -1.05. The first-order chi connectivity index (χ1) is 11.5. The lowest BCUT2D eigenvalue weighted by Gasteiger charge is -2.24. The second kappa shape index (κ2) is 7.45. The zero-order valence-corrected chi connectivity index (χ0v) is 15.5. The van der Waals surface area contributed by atoms with E-state index < -0.39 is 10.0 Å². The van der Waals surface area contributed by atoms with Gasteiger partial charge in [0.05, 0.1) is 17.0 Å². The number of likely N-dealkylation sites (tertiary alicyclic amines) is 1. The smallest absolute Gasteiger partial charge is 0.214 e. The minimum absolute atomic E-state index is 0.241. The van der Waals surface area contributed by atoms with Crippen LogP contribution in [0.5, 0.6) is 0 Å². The molecule has 0 amide bonds. The van der Waals surface area contributed by atoms with E-state index in [1.807, 2.05) is 6.92 Å². The van der Waals surface area contributed by atoms with Crippen molar-refractivity contribution in [1.82, 2.24) is 19.6 Å². The number of aryl methyl sites for hydroxylation is 1. The van der Waals surface area contributed by atoms with Gasteiger partial charge in [-0.05, 0) is 46.2 Å². The molecule has 1 aliphatic heterocycles. The molecule has 1 aliphatic carbocycles. The van der Waals surface area contributed by atoms with Crippen LogP contribution in [0.2, 0.25) is 0 Å². The standard InChI is InChI=1S/C17H28N4O2S/c1-13-18-11-14(17(20-13)16-9-6-10-21(16)2)12-19-24(22,23)15-7-4-3-5-8-15/h11,15-16,19H,3-10,12H2,1-2H3/t16-/m0/s1. The highest BCUT2D eigenvalue weighted by Crippen LogP contribution is 2.31.